The highest BCUT2D eigenvalue weighted by Gasteiger charge is 2.19. The molecule has 0 saturated carbocycles. The Labute approximate surface area is 106 Å². The standard InChI is InChI=1S/C9H7ClFN3O3S/c10-6-3-5(11)4-7(9(6)15)14-18(16,17)8-1-2-12-13-8/h1-4,14-15H,(H,12,13). The van der Waals surface area contributed by atoms with E-state index >= 15 is 0 Å². The van der Waals surface area contributed by atoms with Crippen molar-refractivity contribution in [3.8, 4) is 5.75 Å². The third-order valence-corrected chi connectivity index (χ3v) is 3.62. The number of phenols is 1. The second-order valence-electron chi connectivity index (χ2n) is 3.31. The number of nitrogens with one attached hydrogen (secondary N) is 2. The molecule has 0 bridgehead atoms. The van der Waals surface area contributed by atoms with Gasteiger partial charge < -0.3 is 5.11 Å². The lowest BCUT2D eigenvalue weighted by molar-refractivity contribution is 0.476. The average molecular weight is 292 g/mol. The van der Waals surface area contributed by atoms with E-state index in [4.69, 9.17) is 11.6 Å². The number of benzene rings is 1. The summed E-state index contributed by atoms with van der Waals surface area (Å²) in [5, 5.41) is 14.7. The van der Waals surface area contributed by atoms with Crippen LogP contribution in [0.4, 0.5) is 10.1 Å². The minimum absolute atomic E-state index is 0.220. The lowest BCUT2D eigenvalue weighted by Gasteiger charge is -2.09. The zero-order chi connectivity index (χ0) is 13.3. The largest absolute Gasteiger partial charge is 0.504 e. The molecule has 0 aliphatic carbocycles. The molecule has 0 aliphatic heterocycles. The van der Waals surface area contributed by atoms with E-state index in [9.17, 15) is 17.9 Å². The molecule has 6 nitrogen and oxygen atoms in total. The zero-order valence-corrected chi connectivity index (χ0v) is 10.3. The maximum Gasteiger partial charge on any atom is 0.278 e. The number of rotatable bonds is 3. The third-order valence-electron chi connectivity index (χ3n) is 2.04. The van der Waals surface area contributed by atoms with Gasteiger partial charge in [-0.2, -0.15) is 13.5 Å². The number of aromatic hydroxyl groups is 1. The molecule has 3 N–H and O–H groups in total. The van der Waals surface area contributed by atoms with Crippen molar-refractivity contribution < 1.29 is 17.9 Å². The van der Waals surface area contributed by atoms with Crippen molar-refractivity contribution in [1.29, 1.82) is 0 Å². The van der Waals surface area contributed by atoms with Crippen LogP contribution < -0.4 is 4.72 Å². The molecule has 0 aliphatic rings. The molecule has 2 rings (SSSR count). The van der Waals surface area contributed by atoms with E-state index in [0.717, 1.165) is 12.1 Å². The van der Waals surface area contributed by atoms with Gasteiger partial charge in [0.15, 0.2) is 10.8 Å². The SMILES string of the molecule is O=S(=O)(Nc1cc(F)cc(Cl)c1O)c1ccn[nH]1. The maximum atomic E-state index is 13.1. The van der Waals surface area contributed by atoms with Gasteiger partial charge in [0.05, 0.1) is 16.9 Å². The quantitative estimate of drug-likeness (QED) is 0.750. The van der Waals surface area contributed by atoms with Crippen molar-refractivity contribution in [1.82, 2.24) is 10.2 Å². The van der Waals surface area contributed by atoms with Gasteiger partial charge in [-0.15, -0.1) is 0 Å². The van der Waals surface area contributed by atoms with Gasteiger partial charge >= 0.3 is 0 Å². The monoisotopic (exact) mass is 291 g/mol. The van der Waals surface area contributed by atoms with Crippen molar-refractivity contribution in [3.05, 3.63) is 35.2 Å². The molecule has 1 aromatic carbocycles. The first kappa shape index (κ1) is 12.7. The predicted molar refractivity (Wildman–Crippen MR) is 62.5 cm³/mol. The van der Waals surface area contributed by atoms with Gasteiger partial charge in [0.1, 0.15) is 5.82 Å². The number of sulfonamides is 1. The number of aromatic amines is 1. The van der Waals surface area contributed by atoms with Crippen molar-refractivity contribution in [2.45, 2.75) is 5.03 Å². The molecule has 0 fully saturated rings. The Bertz CT molecular complexity index is 673. The van der Waals surface area contributed by atoms with Gasteiger partial charge in [-0.05, 0) is 12.1 Å². The summed E-state index contributed by atoms with van der Waals surface area (Å²) >= 11 is 5.53. The minimum atomic E-state index is -3.98. The molecule has 2 aromatic rings. The van der Waals surface area contributed by atoms with Gasteiger partial charge in [-0.1, -0.05) is 11.6 Å². The molecule has 0 saturated heterocycles. The molecule has 18 heavy (non-hydrogen) atoms. The Morgan fingerprint density at radius 1 is 1.44 bits per heavy atom. The smallest absolute Gasteiger partial charge is 0.278 e. The second-order valence-corrected chi connectivity index (χ2v) is 5.37. The summed E-state index contributed by atoms with van der Waals surface area (Å²) in [6.45, 7) is 0. The first-order chi connectivity index (χ1) is 8.40. The first-order valence-corrected chi connectivity index (χ1v) is 6.46. The van der Waals surface area contributed by atoms with E-state index in [2.05, 4.69) is 10.2 Å². The number of anilines is 1. The van der Waals surface area contributed by atoms with Crippen LogP contribution in [0, 0.1) is 5.82 Å². The van der Waals surface area contributed by atoms with Gasteiger partial charge in [0, 0.05) is 6.07 Å². The highest BCUT2D eigenvalue weighted by atomic mass is 35.5. The van der Waals surface area contributed by atoms with Gasteiger partial charge in [0.2, 0.25) is 0 Å². The molecule has 0 amide bonds. The van der Waals surface area contributed by atoms with Crippen LogP contribution in [-0.2, 0) is 10.0 Å². The molecular weight excluding hydrogens is 285 g/mol. The lowest BCUT2D eigenvalue weighted by Crippen LogP contribution is -2.13. The van der Waals surface area contributed by atoms with Crippen LogP contribution in [0.1, 0.15) is 0 Å². The molecule has 0 unspecified atom stereocenters. The summed E-state index contributed by atoms with van der Waals surface area (Å²) in [5.74, 6) is -1.33. The highest BCUT2D eigenvalue weighted by molar-refractivity contribution is 7.92. The van der Waals surface area contributed by atoms with Crippen molar-refractivity contribution in [2.24, 2.45) is 0 Å². The van der Waals surface area contributed by atoms with E-state index in [1.807, 2.05) is 4.72 Å². The van der Waals surface area contributed by atoms with Crippen molar-refractivity contribution in [2.75, 3.05) is 4.72 Å². The summed E-state index contributed by atoms with van der Waals surface area (Å²) in [6, 6.07) is 2.89. The first-order valence-electron chi connectivity index (χ1n) is 4.60. The Balaban J connectivity index is 2.41. The van der Waals surface area contributed by atoms with Crippen LogP contribution in [0.25, 0.3) is 0 Å². The minimum Gasteiger partial charge on any atom is -0.504 e. The normalized spacial score (nSPS) is 11.4. The van der Waals surface area contributed by atoms with E-state index in [-0.39, 0.29) is 15.7 Å². The van der Waals surface area contributed by atoms with Crippen LogP contribution in [0.3, 0.4) is 0 Å². The van der Waals surface area contributed by atoms with Crippen LogP contribution in [-0.4, -0.2) is 23.7 Å². The Morgan fingerprint density at radius 3 is 2.78 bits per heavy atom. The Hall–Kier alpha value is -1.80. The summed E-state index contributed by atoms with van der Waals surface area (Å²) in [7, 11) is -3.98. The topological polar surface area (TPSA) is 95.1 Å². The van der Waals surface area contributed by atoms with Crippen LogP contribution in [0.2, 0.25) is 5.02 Å². The number of nitrogens with zero attached hydrogens (tertiary/aromatic N) is 1. The van der Waals surface area contributed by atoms with E-state index < -0.39 is 21.6 Å². The number of H-pyrrole nitrogens is 1. The average Bonchev–Trinajstić information content (AvgIpc) is 2.78. The van der Waals surface area contributed by atoms with Gasteiger partial charge in [0.25, 0.3) is 10.0 Å². The molecule has 1 aromatic heterocycles. The fourth-order valence-corrected chi connectivity index (χ4v) is 2.41. The van der Waals surface area contributed by atoms with Gasteiger partial charge in [-0.3, -0.25) is 9.82 Å². The maximum absolute atomic E-state index is 13.1. The van der Waals surface area contributed by atoms with Gasteiger partial charge in [-0.25, -0.2) is 4.39 Å². The summed E-state index contributed by atoms with van der Waals surface area (Å²) in [4.78, 5) is 0. The number of phenolic OH excluding ortho intramolecular Hbond substituents is 1. The van der Waals surface area contributed by atoms with E-state index in [0.29, 0.717) is 0 Å². The molecule has 0 radical (unpaired) electrons. The van der Waals surface area contributed by atoms with Crippen LogP contribution in [0.15, 0.2) is 29.4 Å². The predicted octanol–water partition coefficient (Wildman–Crippen LogP) is 1.71. The number of halogens is 2. The molecular formula is C9H7ClFN3O3S. The van der Waals surface area contributed by atoms with E-state index in [1.165, 1.54) is 12.3 Å². The molecule has 0 spiro atoms. The lowest BCUT2D eigenvalue weighted by atomic mass is 10.3. The van der Waals surface area contributed by atoms with E-state index in [1.54, 1.807) is 0 Å². The molecule has 1 heterocycles. The van der Waals surface area contributed by atoms with Crippen molar-refractivity contribution in [3.63, 3.8) is 0 Å². The highest BCUT2D eigenvalue weighted by Crippen LogP contribution is 2.33. The fraction of sp³-hybridized carbons (Fsp3) is 0. The fourth-order valence-electron chi connectivity index (χ4n) is 1.24. The summed E-state index contributed by atoms with van der Waals surface area (Å²) < 4.78 is 38.6. The Kier molecular flexibility index (Phi) is 3.14. The number of hydrogen-bond donors (Lipinski definition) is 3. The van der Waals surface area contributed by atoms with Crippen LogP contribution >= 0.6 is 11.6 Å². The summed E-state index contributed by atoms with van der Waals surface area (Å²) in [6.07, 6.45) is 1.24. The molecule has 9 heteroatoms. The zero-order valence-electron chi connectivity index (χ0n) is 8.68. The van der Waals surface area contributed by atoms with Crippen molar-refractivity contribution >= 4 is 27.3 Å². The Morgan fingerprint density at radius 2 is 2.17 bits per heavy atom. The number of aromatic nitrogens is 2. The van der Waals surface area contributed by atoms with Crippen LogP contribution in [0.5, 0.6) is 5.75 Å². The number of hydrogen-bond acceptors (Lipinski definition) is 4. The summed E-state index contributed by atoms with van der Waals surface area (Å²) in [5.41, 5.74) is -0.352. The molecule has 96 valence electrons. The second kappa shape index (κ2) is 4.46. The molecule has 0 atom stereocenters. The third kappa shape index (κ3) is 2.39.